The average Bonchev–Trinajstić information content (AvgIpc) is 3.20. The van der Waals surface area contributed by atoms with Gasteiger partial charge < -0.3 is 35.4 Å². The fourth-order valence-corrected chi connectivity index (χ4v) is 6.54. The van der Waals surface area contributed by atoms with E-state index in [2.05, 4.69) is 26.0 Å². The Morgan fingerprint density at radius 3 is 1.78 bits per heavy atom. The van der Waals surface area contributed by atoms with E-state index < -0.39 is 57.4 Å². The second-order valence-electron chi connectivity index (χ2n) is 14.8. The zero-order valence-electron chi connectivity index (χ0n) is 35.8. The number of carbonyl (C=O) groups excluding carboxylic acids is 2. The van der Waals surface area contributed by atoms with Gasteiger partial charge in [-0.3, -0.25) is 18.6 Å². The zero-order chi connectivity index (χ0) is 43.0. The van der Waals surface area contributed by atoms with Gasteiger partial charge in [0, 0.05) is 19.4 Å². The molecule has 0 spiro atoms. The highest BCUT2D eigenvalue weighted by Gasteiger charge is 2.26. The lowest BCUT2D eigenvalue weighted by atomic mass is 10.1. The topological polar surface area (TPSA) is 195 Å². The number of nitrogens with two attached hydrogens (primary N) is 1. The Morgan fingerprint density at radius 2 is 1.16 bits per heavy atom. The number of esters is 2. The lowest BCUT2D eigenvalue weighted by Crippen LogP contribution is -2.30. The second-order valence-corrected chi connectivity index (χ2v) is 16.2. The van der Waals surface area contributed by atoms with Crippen LogP contribution < -0.4 is 5.73 Å². The van der Waals surface area contributed by atoms with Crippen molar-refractivity contribution in [3.05, 3.63) is 60.8 Å². The molecule has 1 unspecified atom stereocenters. The van der Waals surface area contributed by atoms with Gasteiger partial charge in [-0.25, -0.2) is 4.57 Å². The Morgan fingerprint density at radius 1 is 0.621 bits per heavy atom. The number of rotatable bonds is 40. The monoisotopic (exact) mass is 842 g/mol. The highest BCUT2D eigenvalue weighted by molar-refractivity contribution is 7.47. The van der Waals surface area contributed by atoms with Gasteiger partial charge in [-0.2, -0.15) is 0 Å². The van der Waals surface area contributed by atoms with E-state index in [-0.39, 0.29) is 38.8 Å². The molecule has 0 saturated carbocycles. The minimum absolute atomic E-state index is 0.00172. The molecule has 0 bridgehead atoms. The quantitative estimate of drug-likeness (QED) is 0.0129. The fourth-order valence-electron chi connectivity index (χ4n) is 5.78. The van der Waals surface area contributed by atoms with E-state index in [0.717, 1.165) is 57.8 Å². The van der Waals surface area contributed by atoms with Crippen molar-refractivity contribution < 1.29 is 52.9 Å². The summed E-state index contributed by atoms with van der Waals surface area (Å²) in [5, 5.41) is 30.4. The molecule has 12 nitrogen and oxygen atoms in total. The Hall–Kier alpha value is -2.41. The smallest absolute Gasteiger partial charge is 0.462 e. The summed E-state index contributed by atoms with van der Waals surface area (Å²) < 4.78 is 32.5. The summed E-state index contributed by atoms with van der Waals surface area (Å²) in [5.74, 6) is -1.17. The van der Waals surface area contributed by atoms with Crippen molar-refractivity contribution in [1.82, 2.24) is 0 Å². The first-order chi connectivity index (χ1) is 28.0. The zero-order valence-corrected chi connectivity index (χ0v) is 36.7. The van der Waals surface area contributed by atoms with Gasteiger partial charge in [0.1, 0.15) is 6.61 Å². The molecule has 0 aromatic carbocycles. The molecule has 0 heterocycles. The molecule has 0 radical (unpaired) electrons. The van der Waals surface area contributed by atoms with Crippen molar-refractivity contribution >= 4 is 19.8 Å². The van der Waals surface area contributed by atoms with Gasteiger partial charge in [-0.1, -0.05) is 158 Å². The highest BCUT2D eigenvalue weighted by Crippen LogP contribution is 2.43. The van der Waals surface area contributed by atoms with Gasteiger partial charge in [-0.15, -0.1) is 0 Å². The average molecular weight is 842 g/mol. The molecule has 0 fully saturated rings. The molecule has 0 aliphatic carbocycles. The van der Waals surface area contributed by atoms with Crippen LogP contribution in [0.15, 0.2) is 60.8 Å². The number of hydrogen-bond donors (Lipinski definition) is 5. The number of unbranched alkanes of at least 4 members (excludes halogenated alkanes) is 15. The molecule has 5 atom stereocenters. The van der Waals surface area contributed by atoms with Crippen LogP contribution in [-0.4, -0.2) is 82.9 Å². The third-order valence-electron chi connectivity index (χ3n) is 9.24. The van der Waals surface area contributed by atoms with Crippen LogP contribution in [0.1, 0.15) is 162 Å². The molecule has 0 saturated heterocycles. The van der Waals surface area contributed by atoms with E-state index in [0.29, 0.717) is 6.42 Å². The molecule has 0 aromatic heterocycles. The molecular formula is C45H80NO11P. The Balaban J connectivity index is 4.48. The van der Waals surface area contributed by atoms with Crippen molar-refractivity contribution in [1.29, 1.82) is 0 Å². The van der Waals surface area contributed by atoms with Crippen molar-refractivity contribution in [3.63, 3.8) is 0 Å². The Kier molecular flexibility index (Phi) is 38.4. The van der Waals surface area contributed by atoms with E-state index in [4.69, 9.17) is 24.3 Å². The highest BCUT2D eigenvalue weighted by atomic mass is 31.2. The first-order valence-corrected chi connectivity index (χ1v) is 23.6. The van der Waals surface area contributed by atoms with Crippen molar-refractivity contribution in [2.75, 3.05) is 26.4 Å². The van der Waals surface area contributed by atoms with Gasteiger partial charge in [0.15, 0.2) is 6.10 Å². The fraction of sp³-hybridized carbons (Fsp3) is 0.733. The van der Waals surface area contributed by atoms with Gasteiger partial charge in [-0.05, 0) is 51.4 Å². The maximum absolute atomic E-state index is 12.6. The molecular weight excluding hydrogens is 761 g/mol. The molecule has 6 N–H and O–H groups in total. The van der Waals surface area contributed by atoms with Crippen LogP contribution >= 0.6 is 7.82 Å². The predicted octanol–water partition coefficient (Wildman–Crippen LogP) is 9.41. The van der Waals surface area contributed by atoms with E-state index in [1.807, 2.05) is 0 Å². The van der Waals surface area contributed by atoms with Crippen LogP contribution in [0.4, 0.5) is 0 Å². The van der Waals surface area contributed by atoms with Crippen LogP contribution in [0.5, 0.6) is 0 Å². The third kappa shape index (κ3) is 37.8. The van der Waals surface area contributed by atoms with Crippen molar-refractivity contribution in [3.8, 4) is 0 Å². The number of allylic oxidation sites excluding steroid dienone is 8. The first-order valence-electron chi connectivity index (χ1n) is 22.1. The molecule has 58 heavy (non-hydrogen) atoms. The van der Waals surface area contributed by atoms with Gasteiger partial charge in [0.2, 0.25) is 0 Å². The molecule has 0 rings (SSSR count). The SMILES string of the molecule is CCCCCCCC/C=C\CCCCCCCCCC(=O)O[C@H](COC(=O)CCC[C@@H](O)[C@H](O)/C=C/C=C/C=C\C=C\[C@H](O)CCCCC)COP(=O)(O)OCCN. The number of phosphoric acid groups is 1. The third-order valence-corrected chi connectivity index (χ3v) is 10.2. The van der Waals surface area contributed by atoms with Crippen molar-refractivity contribution in [2.45, 2.75) is 186 Å². The molecule has 336 valence electrons. The summed E-state index contributed by atoms with van der Waals surface area (Å²) in [6, 6.07) is 0. The summed E-state index contributed by atoms with van der Waals surface area (Å²) in [7, 11) is -4.46. The molecule has 0 aromatic rings. The summed E-state index contributed by atoms with van der Waals surface area (Å²) in [6.07, 6.45) is 36.2. The Labute approximate surface area is 350 Å². The molecule has 13 heteroatoms. The molecule has 0 amide bonds. The van der Waals surface area contributed by atoms with Crippen LogP contribution in [0.3, 0.4) is 0 Å². The minimum Gasteiger partial charge on any atom is -0.462 e. The number of phosphoric ester groups is 1. The molecule has 0 aliphatic heterocycles. The minimum atomic E-state index is -4.46. The van der Waals surface area contributed by atoms with Crippen LogP contribution in [0.25, 0.3) is 0 Å². The van der Waals surface area contributed by atoms with E-state index in [1.54, 1.807) is 42.5 Å². The number of ether oxygens (including phenoxy) is 2. The van der Waals surface area contributed by atoms with E-state index in [9.17, 15) is 34.4 Å². The normalized spacial score (nSPS) is 15.5. The predicted molar refractivity (Wildman–Crippen MR) is 233 cm³/mol. The summed E-state index contributed by atoms with van der Waals surface area (Å²) in [6.45, 7) is 3.22. The molecule has 0 aliphatic rings. The summed E-state index contributed by atoms with van der Waals surface area (Å²) in [4.78, 5) is 34.9. The van der Waals surface area contributed by atoms with E-state index >= 15 is 0 Å². The second kappa shape index (κ2) is 40.0. The summed E-state index contributed by atoms with van der Waals surface area (Å²) in [5.41, 5.74) is 5.33. The maximum Gasteiger partial charge on any atom is 0.472 e. The van der Waals surface area contributed by atoms with Crippen LogP contribution in [0, 0.1) is 0 Å². The first kappa shape index (κ1) is 55.6. The largest absolute Gasteiger partial charge is 0.472 e. The number of aliphatic hydroxyl groups excluding tert-OH is 3. The Bertz CT molecular complexity index is 1190. The summed E-state index contributed by atoms with van der Waals surface area (Å²) >= 11 is 0. The number of aliphatic hydroxyl groups is 3. The lowest BCUT2D eigenvalue weighted by molar-refractivity contribution is -0.161. The number of hydrogen-bond acceptors (Lipinski definition) is 11. The maximum atomic E-state index is 12.6. The van der Waals surface area contributed by atoms with E-state index in [1.165, 1.54) is 63.9 Å². The van der Waals surface area contributed by atoms with Gasteiger partial charge in [0.05, 0.1) is 31.5 Å². The number of carbonyl (C=O) groups is 2. The van der Waals surface area contributed by atoms with Gasteiger partial charge in [0.25, 0.3) is 0 Å². The van der Waals surface area contributed by atoms with Gasteiger partial charge >= 0.3 is 19.8 Å². The standard InChI is InChI=1S/C45H80NO11P/c1-3-5-7-8-9-10-11-12-13-14-15-16-17-18-19-24-28-34-45(51)57-41(39-56-58(52,53)55-37-36-46)38-54-44(50)35-29-33-43(49)42(48)32-27-23-21-20-22-26-31-40(47)30-25-6-4-2/h12-13,20-23,26-27,31-32,40-43,47-49H,3-11,14-19,24-25,28-30,33-39,46H2,1-2H3,(H,52,53)/b13-12-,22-20-,23-21+,31-26+,32-27+/t40-,41-,42-,43-/m1/s1. The van der Waals surface area contributed by atoms with Crippen molar-refractivity contribution in [2.24, 2.45) is 5.73 Å². The van der Waals surface area contributed by atoms with Crippen LogP contribution in [0.2, 0.25) is 0 Å². The lowest BCUT2D eigenvalue weighted by Gasteiger charge is -2.20. The van der Waals surface area contributed by atoms with Crippen LogP contribution in [-0.2, 0) is 32.7 Å².